The molecule has 104 valence electrons. The lowest BCUT2D eigenvalue weighted by Gasteiger charge is -2.07. The maximum Gasteiger partial charge on any atom is 0.328 e. The molecule has 0 aliphatic carbocycles. The third-order valence-corrected chi connectivity index (χ3v) is 2.64. The van der Waals surface area contributed by atoms with Crippen molar-refractivity contribution in [2.75, 3.05) is 0 Å². The van der Waals surface area contributed by atoms with Gasteiger partial charge in [-0.2, -0.15) is 0 Å². The highest BCUT2D eigenvalue weighted by Gasteiger charge is 2.06. The molecule has 2 aromatic rings. The number of nitrogens with zero attached hydrogens (tertiary/aromatic N) is 1. The third kappa shape index (κ3) is 3.41. The number of rotatable bonds is 4. The van der Waals surface area contributed by atoms with Gasteiger partial charge >= 0.3 is 5.69 Å². The molecule has 1 aromatic carbocycles. The maximum atomic E-state index is 13.3. The molecule has 20 heavy (non-hydrogen) atoms. The lowest BCUT2D eigenvalue weighted by Crippen LogP contribution is -2.35. The Kier molecular flexibility index (Phi) is 4.09. The van der Waals surface area contributed by atoms with E-state index in [1.807, 2.05) is 4.98 Å². The minimum atomic E-state index is -0.668. The summed E-state index contributed by atoms with van der Waals surface area (Å²) < 4.78 is 14.4. The molecule has 0 saturated carbocycles. The van der Waals surface area contributed by atoms with Crippen molar-refractivity contribution >= 4 is 5.91 Å². The quantitative estimate of drug-likeness (QED) is 0.824. The lowest BCUT2D eigenvalue weighted by atomic mass is 10.2. The third-order valence-electron chi connectivity index (χ3n) is 2.64. The van der Waals surface area contributed by atoms with Crippen molar-refractivity contribution in [2.24, 2.45) is 0 Å². The molecule has 0 atom stereocenters. The second-order valence-electron chi connectivity index (χ2n) is 4.11. The predicted molar refractivity (Wildman–Crippen MR) is 69.6 cm³/mol. The molecule has 0 unspecified atom stereocenters. The molecule has 0 saturated heterocycles. The highest BCUT2D eigenvalue weighted by atomic mass is 19.1. The van der Waals surface area contributed by atoms with Crippen LogP contribution in [-0.2, 0) is 17.9 Å². The number of halogens is 1. The van der Waals surface area contributed by atoms with E-state index in [1.54, 1.807) is 18.2 Å². The van der Waals surface area contributed by atoms with E-state index >= 15 is 0 Å². The second kappa shape index (κ2) is 5.96. The van der Waals surface area contributed by atoms with Gasteiger partial charge in [-0.3, -0.25) is 19.1 Å². The second-order valence-corrected chi connectivity index (χ2v) is 4.11. The van der Waals surface area contributed by atoms with Crippen LogP contribution in [0, 0.1) is 5.82 Å². The Bertz CT molecular complexity index is 736. The molecule has 1 amide bonds. The molecule has 1 aromatic heterocycles. The Morgan fingerprint density at radius 2 is 2.00 bits per heavy atom. The van der Waals surface area contributed by atoms with Gasteiger partial charge in [0.25, 0.3) is 5.56 Å². The molecule has 0 aliphatic heterocycles. The van der Waals surface area contributed by atoms with Crippen molar-refractivity contribution in [1.29, 1.82) is 0 Å². The van der Waals surface area contributed by atoms with Crippen LogP contribution in [0.5, 0.6) is 0 Å². The van der Waals surface area contributed by atoms with Crippen LogP contribution in [0.2, 0.25) is 0 Å². The fraction of sp³-hybridized carbons (Fsp3) is 0.154. The number of nitrogens with one attached hydrogen (secondary N) is 2. The molecule has 2 N–H and O–H groups in total. The summed E-state index contributed by atoms with van der Waals surface area (Å²) in [6.07, 6.45) is 1.23. The van der Waals surface area contributed by atoms with Crippen LogP contribution in [0.15, 0.2) is 46.1 Å². The van der Waals surface area contributed by atoms with Crippen LogP contribution >= 0.6 is 0 Å². The van der Waals surface area contributed by atoms with Crippen LogP contribution in [0.1, 0.15) is 5.56 Å². The van der Waals surface area contributed by atoms with Gasteiger partial charge in [0.1, 0.15) is 12.4 Å². The number of aromatic nitrogens is 2. The van der Waals surface area contributed by atoms with E-state index in [0.717, 1.165) is 10.6 Å². The van der Waals surface area contributed by atoms with E-state index in [0.29, 0.717) is 5.56 Å². The number of hydrogen-bond donors (Lipinski definition) is 2. The molecule has 1 heterocycles. The highest BCUT2D eigenvalue weighted by Crippen LogP contribution is 2.05. The zero-order valence-electron chi connectivity index (χ0n) is 10.4. The number of H-pyrrole nitrogens is 1. The lowest BCUT2D eigenvalue weighted by molar-refractivity contribution is -0.121. The van der Waals surface area contributed by atoms with Crippen molar-refractivity contribution in [3.05, 3.63) is 68.7 Å². The maximum absolute atomic E-state index is 13.3. The Labute approximate surface area is 112 Å². The summed E-state index contributed by atoms with van der Waals surface area (Å²) >= 11 is 0. The largest absolute Gasteiger partial charge is 0.350 e. The van der Waals surface area contributed by atoms with Crippen LogP contribution in [0.4, 0.5) is 4.39 Å². The predicted octanol–water partition coefficient (Wildman–Crippen LogP) is -0.00790. The van der Waals surface area contributed by atoms with Gasteiger partial charge in [0.15, 0.2) is 0 Å². The van der Waals surface area contributed by atoms with E-state index < -0.39 is 23.0 Å². The van der Waals surface area contributed by atoms with E-state index in [9.17, 15) is 18.8 Å². The normalized spacial score (nSPS) is 10.2. The highest BCUT2D eigenvalue weighted by molar-refractivity contribution is 5.75. The number of hydrogen-bond acceptors (Lipinski definition) is 3. The number of aromatic amines is 1. The number of amides is 1. The van der Waals surface area contributed by atoms with E-state index in [2.05, 4.69) is 5.32 Å². The Morgan fingerprint density at radius 1 is 1.25 bits per heavy atom. The van der Waals surface area contributed by atoms with E-state index in [-0.39, 0.29) is 13.1 Å². The van der Waals surface area contributed by atoms with Crippen LogP contribution in [0.3, 0.4) is 0 Å². The van der Waals surface area contributed by atoms with Gasteiger partial charge in [0.2, 0.25) is 5.91 Å². The van der Waals surface area contributed by atoms with Gasteiger partial charge in [0.05, 0.1) is 0 Å². The van der Waals surface area contributed by atoms with Crippen molar-refractivity contribution in [3.63, 3.8) is 0 Å². The van der Waals surface area contributed by atoms with Crippen LogP contribution in [-0.4, -0.2) is 15.5 Å². The summed E-state index contributed by atoms with van der Waals surface area (Å²) in [6.45, 7) is -0.215. The first-order chi connectivity index (χ1) is 9.56. The van der Waals surface area contributed by atoms with Crippen molar-refractivity contribution in [3.8, 4) is 0 Å². The molecule has 0 radical (unpaired) electrons. The summed E-state index contributed by atoms with van der Waals surface area (Å²) in [6, 6.07) is 7.22. The zero-order chi connectivity index (χ0) is 14.5. The monoisotopic (exact) mass is 277 g/mol. The summed E-state index contributed by atoms with van der Waals surface area (Å²) in [7, 11) is 0. The summed E-state index contributed by atoms with van der Waals surface area (Å²) in [5.74, 6) is -0.864. The Hall–Kier alpha value is -2.70. The summed E-state index contributed by atoms with van der Waals surface area (Å²) in [5, 5.41) is 2.50. The zero-order valence-corrected chi connectivity index (χ0v) is 10.4. The Morgan fingerprint density at radius 3 is 2.70 bits per heavy atom. The molecular formula is C13H12FN3O3. The minimum Gasteiger partial charge on any atom is -0.350 e. The first kappa shape index (κ1) is 13.7. The number of carbonyl (C=O) groups is 1. The van der Waals surface area contributed by atoms with Crippen LogP contribution < -0.4 is 16.6 Å². The van der Waals surface area contributed by atoms with Gasteiger partial charge in [-0.05, 0) is 6.07 Å². The smallest absolute Gasteiger partial charge is 0.328 e. The molecule has 0 spiro atoms. The van der Waals surface area contributed by atoms with E-state index in [4.69, 9.17) is 0 Å². The van der Waals surface area contributed by atoms with Gasteiger partial charge < -0.3 is 5.32 Å². The molecule has 0 bridgehead atoms. The Balaban J connectivity index is 1.98. The summed E-state index contributed by atoms with van der Waals surface area (Å²) in [4.78, 5) is 35.9. The fourth-order valence-corrected chi connectivity index (χ4v) is 1.61. The topological polar surface area (TPSA) is 84.0 Å². The van der Waals surface area contributed by atoms with Gasteiger partial charge in [-0.25, -0.2) is 9.18 Å². The number of carbonyl (C=O) groups excluding carboxylic acids is 1. The van der Waals surface area contributed by atoms with E-state index in [1.165, 1.54) is 12.3 Å². The summed E-state index contributed by atoms with van der Waals surface area (Å²) in [5.41, 5.74) is -0.841. The first-order valence-electron chi connectivity index (χ1n) is 5.86. The van der Waals surface area contributed by atoms with Crippen molar-refractivity contribution < 1.29 is 9.18 Å². The van der Waals surface area contributed by atoms with Gasteiger partial charge in [-0.15, -0.1) is 0 Å². The van der Waals surface area contributed by atoms with Crippen molar-refractivity contribution in [1.82, 2.24) is 14.9 Å². The van der Waals surface area contributed by atoms with Crippen LogP contribution in [0.25, 0.3) is 0 Å². The number of benzene rings is 1. The van der Waals surface area contributed by atoms with Crippen molar-refractivity contribution in [2.45, 2.75) is 13.1 Å². The average molecular weight is 277 g/mol. The molecule has 6 nitrogen and oxygen atoms in total. The standard InChI is InChI=1S/C13H12FN3O3/c14-10-4-2-1-3-9(10)7-15-12(19)8-17-6-5-11(18)16-13(17)20/h1-6H,7-8H2,(H,15,19)(H,16,18,20). The molecule has 0 aliphatic rings. The molecule has 0 fully saturated rings. The molecule has 2 rings (SSSR count). The molecular weight excluding hydrogens is 265 g/mol. The van der Waals surface area contributed by atoms with Gasteiger partial charge in [-0.1, -0.05) is 18.2 Å². The molecule has 7 heteroatoms. The minimum absolute atomic E-state index is 0.0314. The fourth-order valence-electron chi connectivity index (χ4n) is 1.61. The SMILES string of the molecule is O=C(Cn1ccc(=O)[nH]c1=O)NCc1ccccc1F. The first-order valence-corrected chi connectivity index (χ1v) is 5.86. The van der Waals surface area contributed by atoms with Gasteiger partial charge in [0, 0.05) is 24.4 Å². The average Bonchev–Trinajstić information content (AvgIpc) is 2.41.